The van der Waals surface area contributed by atoms with Crippen molar-refractivity contribution >= 4 is 35.9 Å². The largest absolute Gasteiger partial charge is 0.341 e. The molecule has 3 N–H and O–H groups in total. The molecule has 43 heavy (non-hydrogen) atoms. The van der Waals surface area contributed by atoms with Crippen molar-refractivity contribution < 1.29 is 13.6 Å². The van der Waals surface area contributed by atoms with E-state index in [1.54, 1.807) is 0 Å². The first-order valence-electron chi connectivity index (χ1n) is 14.1. The van der Waals surface area contributed by atoms with Gasteiger partial charge in [-0.2, -0.15) is 20.1 Å². The third kappa shape index (κ3) is 10.8. The molecule has 14 heteroatoms. The van der Waals surface area contributed by atoms with Crippen LogP contribution in [0.1, 0.15) is 64.0 Å². The molecule has 3 aliphatic rings. The highest BCUT2D eigenvalue weighted by molar-refractivity contribution is 5.67. The lowest BCUT2D eigenvalue weighted by Gasteiger charge is -2.32. The zero-order valence-electron chi connectivity index (χ0n) is 24.6. The number of hydrogen-bond acceptors (Lipinski definition) is 10. The summed E-state index contributed by atoms with van der Waals surface area (Å²) < 4.78 is 27.1. The molecule has 0 bridgehead atoms. The van der Waals surface area contributed by atoms with Crippen molar-refractivity contribution in [2.24, 2.45) is 0 Å². The molecular formula is C29H39F2N11O. The van der Waals surface area contributed by atoms with Crippen LogP contribution in [0.25, 0.3) is 0 Å². The fraction of sp³-hybridized carbons (Fsp3) is 0.483. The van der Waals surface area contributed by atoms with Gasteiger partial charge in [0.05, 0.1) is 6.20 Å². The standard InChI is InChI=1S/C18H24F2N8.C5H5N3O.C2H6.2C2H2/c19-18(20)5-9-28(10-6-18)17-23-15(22-16(24-17)27-7-1-2-8-27)21-14-11-13(25-26-14)12-3-4-12;9-4-8-5-3-6-1-2-7-5;3*1-2/h11-12H,1-10H2,(H2,21,22,23,24,25,26);1-4H,(H,7,8,9);1-2H3;2*1-2H. The van der Waals surface area contributed by atoms with Crippen molar-refractivity contribution in [3.8, 4) is 25.7 Å². The van der Waals surface area contributed by atoms with E-state index in [2.05, 4.69) is 76.3 Å². The maximum Gasteiger partial charge on any atom is 0.251 e. The van der Waals surface area contributed by atoms with Crippen LogP contribution in [0.5, 0.6) is 0 Å². The number of terminal acetylenes is 2. The lowest BCUT2D eigenvalue weighted by atomic mass is 10.1. The number of alkyl halides is 2. The Labute approximate surface area is 251 Å². The number of hydrogen-bond donors (Lipinski definition) is 3. The second-order valence-corrected chi connectivity index (χ2v) is 9.26. The van der Waals surface area contributed by atoms with E-state index >= 15 is 0 Å². The van der Waals surface area contributed by atoms with Crippen LogP contribution in [0.3, 0.4) is 0 Å². The maximum atomic E-state index is 13.5. The highest BCUT2D eigenvalue weighted by Gasteiger charge is 2.35. The summed E-state index contributed by atoms with van der Waals surface area (Å²) in [7, 11) is 0. The van der Waals surface area contributed by atoms with E-state index < -0.39 is 5.92 Å². The molecule has 0 spiro atoms. The first-order chi connectivity index (χ1) is 21.0. The van der Waals surface area contributed by atoms with E-state index in [9.17, 15) is 13.6 Å². The molecule has 0 aromatic carbocycles. The zero-order valence-corrected chi connectivity index (χ0v) is 24.6. The van der Waals surface area contributed by atoms with Crippen LogP contribution in [-0.4, -0.2) is 73.6 Å². The summed E-state index contributed by atoms with van der Waals surface area (Å²) in [5.41, 5.74) is 1.12. The molecule has 0 atom stereocenters. The zero-order chi connectivity index (χ0) is 31.7. The summed E-state index contributed by atoms with van der Waals surface area (Å²) in [6, 6.07) is 1.98. The molecule has 1 aliphatic carbocycles. The van der Waals surface area contributed by atoms with Gasteiger partial charge in [-0.1, -0.05) is 13.8 Å². The van der Waals surface area contributed by atoms with E-state index in [0.29, 0.717) is 41.8 Å². The molecule has 1 amide bonds. The van der Waals surface area contributed by atoms with E-state index in [-0.39, 0.29) is 25.9 Å². The molecular weight excluding hydrogens is 556 g/mol. The number of carbonyl (C=O) groups is 1. The molecule has 3 fully saturated rings. The minimum atomic E-state index is -2.60. The predicted octanol–water partition coefficient (Wildman–Crippen LogP) is 4.62. The average molecular weight is 596 g/mol. The Hall–Kier alpha value is -4.85. The number of nitrogens with zero attached hydrogens (tertiary/aromatic N) is 8. The first kappa shape index (κ1) is 34.4. The lowest BCUT2D eigenvalue weighted by molar-refractivity contribution is -0.105. The van der Waals surface area contributed by atoms with Crippen LogP contribution in [0, 0.1) is 25.7 Å². The van der Waals surface area contributed by atoms with Crippen molar-refractivity contribution in [2.75, 3.05) is 46.6 Å². The Morgan fingerprint density at radius 1 is 0.930 bits per heavy atom. The average Bonchev–Trinajstić information content (AvgIpc) is 3.54. The summed E-state index contributed by atoms with van der Waals surface area (Å²) >= 11 is 0. The van der Waals surface area contributed by atoms with Crippen LogP contribution in [-0.2, 0) is 4.79 Å². The summed E-state index contributed by atoms with van der Waals surface area (Å²) in [6.07, 6.45) is 25.3. The Morgan fingerprint density at radius 3 is 2.07 bits per heavy atom. The van der Waals surface area contributed by atoms with Crippen molar-refractivity contribution in [1.82, 2.24) is 35.1 Å². The number of piperidine rings is 1. The monoisotopic (exact) mass is 595 g/mol. The summed E-state index contributed by atoms with van der Waals surface area (Å²) in [5, 5.41) is 12.9. The van der Waals surface area contributed by atoms with E-state index in [1.165, 1.54) is 31.4 Å². The van der Waals surface area contributed by atoms with Gasteiger partial charge in [-0.3, -0.25) is 14.9 Å². The van der Waals surface area contributed by atoms with Gasteiger partial charge in [0.2, 0.25) is 24.3 Å². The fourth-order valence-corrected chi connectivity index (χ4v) is 4.20. The first-order valence-corrected chi connectivity index (χ1v) is 14.1. The normalized spacial score (nSPS) is 16.3. The van der Waals surface area contributed by atoms with Gasteiger partial charge in [0.25, 0.3) is 5.92 Å². The van der Waals surface area contributed by atoms with Gasteiger partial charge < -0.3 is 20.4 Å². The number of rotatable bonds is 7. The van der Waals surface area contributed by atoms with Crippen LogP contribution in [0.15, 0.2) is 24.7 Å². The Balaban J connectivity index is 0.000000362. The summed E-state index contributed by atoms with van der Waals surface area (Å²) in [5.74, 6) is 0.555. The molecule has 2 saturated heterocycles. The molecule has 0 radical (unpaired) electrons. The van der Waals surface area contributed by atoms with Crippen molar-refractivity contribution in [3.63, 3.8) is 0 Å². The van der Waals surface area contributed by atoms with Crippen molar-refractivity contribution in [1.29, 1.82) is 0 Å². The van der Waals surface area contributed by atoms with Crippen molar-refractivity contribution in [3.05, 3.63) is 30.4 Å². The number of H-pyrrole nitrogens is 1. The summed E-state index contributed by atoms with van der Waals surface area (Å²) in [4.78, 5) is 34.9. The van der Waals surface area contributed by atoms with E-state index in [0.717, 1.165) is 31.6 Å². The number of carbonyl (C=O) groups excluding carboxylic acids is 1. The van der Waals surface area contributed by atoms with Gasteiger partial charge in [-0.25, -0.2) is 13.8 Å². The van der Waals surface area contributed by atoms with Gasteiger partial charge in [0.15, 0.2) is 11.6 Å². The van der Waals surface area contributed by atoms with Gasteiger partial charge in [-0.15, -0.1) is 25.7 Å². The highest BCUT2D eigenvalue weighted by Crippen LogP contribution is 2.39. The number of anilines is 5. The number of aromatic amines is 1. The van der Waals surface area contributed by atoms with Gasteiger partial charge >= 0.3 is 0 Å². The topological polar surface area (TPSA) is 141 Å². The highest BCUT2D eigenvalue weighted by atomic mass is 19.3. The minimum Gasteiger partial charge on any atom is -0.341 e. The van der Waals surface area contributed by atoms with Gasteiger partial charge in [-0.05, 0) is 25.7 Å². The molecule has 3 aromatic rings. The summed E-state index contributed by atoms with van der Waals surface area (Å²) in [6.45, 7) is 6.28. The second kappa shape index (κ2) is 17.9. The molecule has 230 valence electrons. The Morgan fingerprint density at radius 2 is 1.53 bits per heavy atom. The van der Waals surface area contributed by atoms with Crippen molar-refractivity contribution in [2.45, 2.75) is 64.2 Å². The molecule has 5 heterocycles. The Kier molecular flexibility index (Phi) is 14.3. The molecule has 3 aromatic heterocycles. The SMILES string of the molecule is C#C.C#C.CC.FC1(F)CCN(c2nc(Nc3cc(C4CC4)[nH]n3)nc(N3CCCC3)n2)CC1.O=CNc1cnccn1. The van der Waals surface area contributed by atoms with Crippen LogP contribution >= 0.6 is 0 Å². The maximum absolute atomic E-state index is 13.5. The molecule has 1 saturated carbocycles. The lowest BCUT2D eigenvalue weighted by Crippen LogP contribution is -2.40. The van der Waals surface area contributed by atoms with Crippen LogP contribution in [0.2, 0.25) is 0 Å². The second-order valence-electron chi connectivity index (χ2n) is 9.26. The quantitative estimate of drug-likeness (QED) is 0.262. The van der Waals surface area contributed by atoms with Gasteiger partial charge in [0.1, 0.15) is 0 Å². The van der Waals surface area contributed by atoms with Crippen LogP contribution in [0.4, 0.5) is 38.3 Å². The van der Waals surface area contributed by atoms with E-state index in [4.69, 9.17) is 0 Å². The molecule has 2 aliphatic heterocycles. The minimum absolute atomic E-state index is 0.176. The van der Waals surface area contributed by atoms with Crippen LogP contribution < -0.4 is 20.4 Å². The molecule has 6 rings (SSSR count). The number of amides is 1. The number of aromatic nitrogens is 7. The van der Waals surface area contributed by atoms with Gasteiger partial charge in [0, 0.05) is 69.1 Å². The molecule has 12 nitrogen and oxygen atoms in total. The number of halogens is 2. The number of nitrogens with one attached hydrogen (secondary N) is 3. The smallest absolute Gasteiger partial charge is 0.251 e. The third-order valence-electron chi connectivity index (χ3n) is 6.40. The predicted molar refractivity (Wildman–Crippen MR) is 164 cm³/mol. The molecule has 0 unspecified atom stereocenters. The third-order valence-corrected chi connectivity index (χ3v) is 6.40. The Bertz CT molecular complexity index is 1260. The fourth-order valence-electron chi connectivity index (χ4n) is 4.20. The van der Waals surface area contributed by atoms with E-state index in [1.807, 2.05) is 24.8 Å².